The number of pyridine rings is 1. The van der Waals surface area contributed by atoms with Crippen LogP contribution in [0.4, 0.5) is 0 Å². The first kappa shape index (κ1) is 16.0. The van der Waals surface area contributed by atoms with Crippen molar-refractivity contribution in [1.82, 2.24) is 10.3 Å². The molecule has 0 aliphatic carbocycles. The Hall–Kier alpha value is -1.01. The zero-order chi connectivity index (χ0) is 13.8. The number of hydrogen-bond donors (Lipinski definition) is 1. The van der Waals surface area contributed by atoms with E-state index in [0.717, 1.165) is 6.54 Å². The summed E-state index contributed by atoms with van der Waals surface area (Å²) in [7, 11) is 1.66. The van der Waals surface area contributed by atoms with Crippen molar-refractivity contribution in [3.8, 4) is 0 Å². The first-order chi connectivity index (χ1) is 9.34. The van der Waals surface area contributed by atoms with E-state index in [9.17, 15) is 0 Å². The van der Waals surface area contributed by atoms with Gasteiger partial charge in [0.2, 0.25) is 0 Å². The van der Waals surface area contributed by atoms with Gasteiger partial charge in [0.25, 0.3) is 0 Å². The van der Waals surface area contributed by atoms with E-state index in [-0.39, 0.29) is 6.04 Å². The topological polar surface area (TPSA) is 52.6 Å². The predicted octanol–water partition coefficient (Wildman–Crippen LogP) is 1.41. The molecule has 1 rings (SSSR count). The molecule has 1 aromatic heterocycles. The van der Waals surface area contributed by atoms with Crippen molar-refractivity contribution in [2.75, 3.05) is 46.7 Å². The fraction of sp³-hybridized carbons (Fsp3) is 0.643. The van der Waals surface area contributed by atoms with Crippen LogP contribution in [0.15, 0.2) is 24.5 Å². The lowest BCUT2D eigenvalue weighted by atomic mass is 10.1. The largest absolute Gasteiger partial charge is 0.382 e. The maximum atomic E-state index is 5.46. The Labute approximate surface area is 115 Å². The molecule has 19 heavy (non-hydrogen) atoms. The molecule has 108 valence electrons. The second-order valence-electron chi connectivity index (χ2n) is 4.18. The summed E-state index contributed by atoms with van der Waals surface area (Å²) >= 11 is 0. The fourth-order valence-electron chi connectivity index (χ4n) is 1.56. The summed E-state index contributed by atoms with van der Waals surface area (Å²) in [6.07, 6.45) is 3.66. The van der Waals surface area contributed by atoms with Crippen molar-refractivity contribution in [2.45, 2.75) is 13.0 Å². The average molecular weight is 268 g/mol. The molecule has 0 radical (unpaired) electrons. The highest BCUT2D eigenvalue weighted by atomic mass is 16.5. The molecule has 1 aromatic rings. The van der Waals surface area contributed by atoms with Gasteiger partial charge >= 0.3 is 0 Å². The van der Waals surface area contributed by atoms with E-state index in [1.54, 1.807) is 13.3 Å². The lowest BCUT2D eigenvalue weighted by molar-refractivity contribution is 0.0253. The van der Waals surface area contributed by atoms with Gasteiger partial charge in [-0.15, -0.1) is 0 Å². The van der Waals surface area contributed by atoms with Crippen molar-refractivity contribution in [2.24, 2.45) is 0 Å². The minimum Gasteiger partial charge on any atom is -0.382 e. The molecule has 0 aliphatic rings. The van der Waals surface area contributed by atoms with Gasteiger partial charge in [-0.1, -0.05) is 6.07 Å². The highest BCUT2D eigenvalue weighted by Gasteiger charge is 2.03. The molecule has 0 amide bonds. The first-order valence-corrected chi connectivity index (χ1v) is 6.62. The Morgan fingerprint density at radius 3 is 2.58 bits per heavy atom. The zero-order valence-electron chi connectivity index (χ0n) is 11.8. The molecule has 5 heteroatoms. The number of methoxy groups -OCH3 is 1. The van der Waals surface area contributed by atoms with Gasteiger partial charge in [-0.2, -0.15) is 0 Å². The third kappa shape index (κ3) is 7.89. The lowest BCUT2D eigenvalue weighted by Gasteiger charge is -2.13. The highest BCUT2D eigenvalue weighted by molar-refractivity contribution is 5.12. The highest BCUT2D eigenvalue weighted by Crippen LogP contribution is 2.08. The Morgan fingerprint density at radius 1 is 1.16 bits per heavy atom. The van der Waals surface area contributed by atoms with Crippen molar-refractivity contribution in [3.05, 3.63) is 30.1 Å². The van der Waals surface area contributed by atoms with Crippen molar-refractivity contribution in [3.63, 3.8) is 0 Å². The van der Waals surface area contributed by atoms with Crippen LogP contribution >= 0.6 is 0 Å². The quantitative estimate of drug-likeness (QED) is 0.615. The molecule has 1 atom stereocenters. The van der Waals surface area contributed by atoms with Crippen LogP contribution in [0.5, 0.6) is 0 Å². The van der Waals surface area contributed by atoms with Gasteiger partial charge in [-0.25, -0.2) is 0 Å². The number of nitrogens with one attached hydrogen (secondary N) is 1. The summed E-state index contributed by atoms with van der Waals surface area (Å²) in [5, 5.41) is 3.38. The molecule has 1 N–H and O–H groups in total. The maximum Gasteiger partial charge on any atom is 0.0701 e. The number of aromatic nitrogens is 1. The minimum atomic E-state index is 0.287. The number of nitrogens with zero attached hydrogens (tertiary/aromatic N) is 1. The normalized spacial score (nSPS) is 12.5. The van der Waals surface area contributed by atoms with Gasteiger partial charge in [0.1, 0.15) is 0 Å². The van der Waals surface area contributed by atoms with Crippen LogP contribution in [0.1, 0.15) is 18.5 Å². The molecule has 5 nitrogen and oxygen atoms in total. The van der Waals surface area contributed by atoms with Gasteiger partial charge in [0, 0.05) is 32.1 Å². The summed E-state index contributed by atoms with van der Waals surface area (Å²) in [5.74, 6) is 0. The monoisotopic (exact) mass is 268 g/mol. The molecule has 0 aliphatic heterocycles. The second-order valence-corrected chi connectivity index (χ2v) is 4.18. The van der Waals surface area contributed by atoms with Gasteiger partial charge in [-0.3, -0.25) is 4.98 Å². The molecule has 0 fully saturated rings. The van der Waals surface area contributed by atoms with Crippen LogP contribution in [-0.2, 0) is 14.2 Å². The van der Waals surface area contributed by atoms with Crippen LogP contribution < -0.4 is 5.32 Å². The van der Waals surface area contributed by atoms with E-state index in [4.69, 9.17) is 14.2 Å². The van der Waals surface area contributed by atoms with Crippen LogP contribution in [0.25, 0.3) is 0 Å². The second kappa shape index (κ2) is 10.9. The average Bonchev–Trinajstić information content (AvgIpc) is 2.46. The van der Waals surface area contributed by atoms with E-state index >= 15 is 0 Å². The number of hydrogen-bond acceptors (Lipinski definition) is 5. The van der Waals surface area contributed by atoms with Gasteiger partial charge in [-0.05, 0) is 18.6 Å². The maximum absolute atomic E-state index is 5.46. The van der Waals surface area contributed by atoms with Crippen molar-refractivity contribution in [1.29, 1.82) is 0 Å². The Bertz CT molecular complexity index is 309. The fourth-order valence-corrected chi connectivity index (χ4v) is 1.56. The van der Waals surface area contributed by atoms with E-state index in [1.165, 1.54) is 5.56 Å². The Morgan fingerprint density at radius 2 is 1.89 bits per heavy atom. The molecule has 1 heterocycles. The molecule has 0 bridgehead atoms. The lowest BCUT2D eigenvalue weighted by Crippen LogP contribution is -2.24. The van der Waals surface area contributed by atoms with Crippen LogP contribution in [0.3, 0.4) is 0 Å². The summed E-state index contributed by atoms with van der Waals surface area (Å²) < 4.78 is 15.6. The smallest absolute Gasteiger partial charge is 0.0701 e. The van der Waals surface area contributed by atoms with Crippen molar-refractivity contribution < 1.29 is 14.2 Å². The minimum absolute atomic E-state index is 0.287. The van der Waals surface area contributed by atoms with E-state index in [1.807, 2.05) is 12.3 Å². The summed E-state index contributed by atoms with van der Waals surface area (Å²) in [6.45, 7) is 6.09. The van der Waals surface area contributed by atoms with Gasteiger partial charge < -0.3 is 19.5 Å². The molecule has 0 saturated heterocycles. The first-order valence-electron chi connectivity index (χ1n) is 6.62. The molecule has 0 saturated carbocycles. The summed E-state index contributed by atoms with van der Waals surface area (Å²) in [6, 6.07) is 4.30. The SMILES string of the molecule is COCCOCCOCCNC(C)c1cccnc1. The number of rotatable bonds is 11. The Kier molecular flexibility index (Phi) is 9.18. The molecular formula is C14H24N2O3. The van der Waals surface area contributed by atoms with Crippen LogP contribution in [0.2, 0.25) is 0 Å². The summed E-state index contributed by atoms with van der Waals surface area (Å²) in [5.41, 5.74) is 1.19. The third-order valence-electron chi connectivity index (χ3n) is 2.69. The van der Waals surface area contributed by atoms with E-state index in [2.05, 4.69) is 23.3 Å². The van der Waals surface area contributed by atoms with E-state index in [0.29, 0.717) is 33.0 Å². The number of ether oxygens (including phenoxy) is 3. The zero-order valence-corrected chi connectivity index (χ0v) is 11.8. The Balaban J connectivity index is 1.93. The third-order valence-corrected chi connectivity index (χ3v) is 2.69. The van der Waals surface area contributed by atoms with Crippen LogP contribution in [-0.4, -0.2) is 51.7 Å². The summed E-state index contributed by atoms with van der Waals surface area (Å²) in [4.78, 5) is 4.10. The van der Waals surface area contributed by atoms with Gasteiger partial charge in [0.05, 0.1) is 33.0 Å². The van der Waals surface area contributed by atoms with Gasteiger partial charge in [0.15, 0.2) is 0 Å². The predicted molar refractivity (Wildman–Crippen MR) is 74.2 cm³/mol. The van der Waals surface area contributed by atoms with E-state index < -0.39 is 0 Å². The van der Waals surface area contributed by atoms with Crippen LogP contribution in [0, 0.1) is 0 Å². The standard InChI is InChI=1S/C14H24N2O3/c1-13(14-4-3-5-15-12-14)16-6-7-18-10-11-19-9-8-17-2/h3-5,12-13,16H,6-11H2,1-2H3. The molecule has 0 aromatic carbocycles. The molecule has 1 unspecified atom stereocenters. The molecule has 0 spiro atoms. The van der Waals surface area contributed by atoms with Crippen molar-refractivity contribution >= 4 is 0 Å². The molecular weight excluding hydrogens is 244 g/mol.